The number of aromatic nitrogens is 1. The summed E-state index contributed by atoms with van der Waals surface area (Å²) in [6.45, 7) is 10.7. The SMILES string of the molecule is CC(C)(C)CC(C)(C)NC(=O)c1ccnc(NC2CC2)c1. The summed E-state index contributed by atoms with van der Waals surface area (Å²) in [4.78, 5) is 16.7. The molecule has 0 bridgehead atoms. The van der Waals surface area contributed by atoms with Crippen LogP contribution in [0.15, 0.2) is 18.3 Å². The number of carbonyl (C=O) groups is 1. The molecule has 1 fully saturated rings. The Morgan fingerprint density at radius 3 is 2.52 bits per heavy atom. The van der Waals surface area contributed by atoms with Gasteiger partial charge in [-0.1, -0.05) is 20.8 Å². The molecule has 2 N–H and O–H groups in total. The second kappa shape index (κ2) is 5.66. The number of nitrogens with zero attached hydrogens (tertiary/aromatic N) is 1. The van der Waals surface area contributed by atoms with Crippen molar-refractivity contribution in [2.45, 2.75) is 65.5 Å². The Morgan fingerprint density at radius 2 is 1.95 bits per heavy atom. The van der Waals surface area contributed by atoms with Gasteiger partial charge in [0.25, 0.3) is 5.91 Å². The van der Waals surface area contributed by atoms with Crippen molar-refractivity contribution in [1.29, 1.82) is 0 Å². The van der Waals surface area contributed by atoms with Gasteiger partial charge in [-0.25, -0.2) is 4.98 Å². The van der Waals surface area contributed by atoms with E-state index in [1.165, 1.54) is 12.8 Å². The van der Waals surface area contributed by atoms with Crippen LogP contribution >= 0.6 is 0 Å². The number of hydrogen-bond donors (Lipinski definition) is 2. The largest absolute Gasteiger partial charge is 0.367 e. The molecule has 0 atom stereocenters. The van der Waals surface area contributed by atoms with Crippen LogP contribution in [0.3, 0.4) is 0 Å². The average Bonchev–Trinajstić information content (AvgIpc) is 3.09. The Labute approximate surface area is 127 Å². The summed E-state index contributed by atoms with van der Waals surface area (Å²) in [6.07, 6.45) is 4.99. The summed E-state index contributed by atoms with van der Waals surface area (Å²) in [7, 11) is 0. The van der Waals surface area contributed by atoms with Crippen LogP contribution in [-0.4, -0.2) is 22.5 Å². The van der Waals surface area contributed by atoms with Gasteiger partial charge in [0.15, 0.2) is 0 Å². The zero-order chi connectivity index (χ0) is 15.7. The second-order valence-corrected chi connectivity index (χ2v) is 7.92. The number of carbonyl (C=O) groups excluding carboxylic acids is 1. The van der Waals surface area contributed by atoms with E-state index in [1.807, 2.05) is 6.07 Å². The molecule has 2 rings (SSSR count). The zero-order valence-electron chi connectivity index (χ0n) is 13.8. The maximum absolute atomic E-state index is 12.4. The highest BCUT2D eigenvalue weighted by Gasteiger charge is 2.27. The molecule has 0 aromatic carbocycles. The third-order valence-electron chi connectivity index (χ3n) is 3.38. The van der Waals surface area contributed by atoms with E-state index >= 15 is 0 Å². The Bertz CT molecular complexity index is 513. The molecule has 0 aliphatic heterocycles. The fourth-order valence-electron chi connectivity index (χ4n) is 2.84. The van der Waals surface area contributed by atoms with Gasteiger partial charge < -0.3 is 10.6 Å². The first-order chi connectivity index (χ1) is 9.65. The number of hydrogen-bond acceptors (Lipinski definition) is 3. The first kappa shape index (κ1) is 15.8. The molecule has 0 spiro atoms. The summed E-state index contributed by atoms with van der Waals surface area (Å²) in [5.41, 5.74) is 0.603. The van der Waals surface area contributed by atoms with Gasteiger partial charge in [0.05, 0.1) is 0 Å². The number of rotatable bonds is 5. The van der Waals surface area contributed by atoms with Crippen LogP contribution in [0.4, 0.5) is 5.82 Å². The molecule has 21 heavy (non-hydrogen) atoms. The normalized spacial score (nSPS) is 15.7. The van der Waals surface area contributed by atoms with Gasteiger partial charge in [0.2, 0.25) is 0 Å². The average molecular weight is 289 g/mol. The molecule has 0 saturated heterocycles. The molecule has 1 aliphatic carbocycles. The lowest BCUT2D eigenvalue weighted by Gasteiger charge is -2.33. The van der Waals surface area contributed by atoms with E-state index in [0.29, 0.717) is 11.6 Å². The molecule has 1 aliphatic rings. The van der Waals surface area contributed by atoms with Crippen molar-refractivity contribution in [3.8, 4) is 0 Å². The molecule has 1 aromatic heterocycles. The van der Waals surface area contributed by atoms with Crippen molar-refractivity contribution in [3.05, 3.63) is 23.9 Å². The highest BCUT2D eigenvalue weighted by Crippen LogP contribution is 2.27. The van der Waals surface area contributed by atoms with Crippen LogP contribution in [0, 0.1) is 5.41 Å². The van der Waals surface area contributed by atoms with Crippen LogP contribution < -0.4 is 10.6 Å². The monoisotopic (exact) mass is 289 g/mol. The van der Waals surface area contributed by atoms with Gasteiger partial charge in [-0.2, -0.15) is 0 Å². The Morgan fingerprint density at radius 1 is 1.29 bits per heavy atom. The van der Waals surface area contributed by atoms with Gasteiger partial charge in [-0.15, -0.1) is 0 Å². The second-order valence-electron chi connectivity index (χ2n) is 7.92. The molecule has 0 unspecified atom stereocenters. The van der Waals surface area contributed by atoms with Crippen molar-refractivity contribution >= 4 is 11.7 Å². The van der Waals surface area contributed by atoms with Gasteiger partial charge in [-0.05, 0) is 50.7 Å². The van der Waals surface area contributed by atoms with E-state index in [0.717, 1.165) is 12.2 Å². The topological polar surface area (TPSA) is 54.0 Å². The van der Waals surface area contributed by atoms with Crippen LogP contribution in [-0.2, 0) is 0 Å². The lowest BCUT2D eigenvalue weighted by atomic mass is 9.81. The predicted octanol–water partition coefficient (Wildman–Crippen LogP) is 3.60. The zero-order valence-corrected chi connectivity index (χ0v) is 13.8. The summed E-state index contributed by atoms with van der Waals surface area (Å²) < 4.78 is 0. The van der Waals surface area contributed by atoms with Crippen LogP contribution in [0.1, 0.15) is 64.2 Å². The predicted molar refractivity (Wildman–Crippen MR) is 86.5 cm³/mol. The lowest BCUT2D eigenvalue weighted by molar-refractivity contribution is 0.0891. The molecule has 1 heterocycles. The molecule has 116 valence electrons. The minimum atomic E-state index is -0.233. The maximum atomic E-state index is 12.4. The van der Waals surface area contributed by atoms with E-state index in [-0.39, 0.29) is 16.9 Å². The molecule has 1 amide bonds. The Balaban J connectivity index is 2.02. The first-order valence-electron chi connectivity index (χ1n) is 7.70. The van der Waals surface area contributed by atoms with E-state index in [4.69, 9.17) is 0 Å². The number of pyridine rings is 1. The molecular formula is C17H27N3O. The molecular weight excluding hydrogens is 262 g/mol. The third kappa shape index (κ3) is 5.37. The van der Waals surface area contributed by atoms with Crippen molar-refractivity contribution in [1.82, 2.24) is 10.3 Å². The fraction of sp³-hybridized carbons (Fsp3) is 0.647. The molecule has 0 radical (unpaired) electrons. The van der Waals surface area contributed by atoms with Gasteiger partial charge in [0.1, 0.15) is 5.82 Å². The summed E-state index contributed by atoms with van der Waals surface area (Å²) in [5.74, 6) is 0.754. The summed E-state index contributed by atoms with van der Waals surface area (Å²) >= 11 is 0. The number of nitrogens with one attached hydrogen (secondary N) is 2. The van der Waals surface area contributed by atoms with Crippen molar-refractivity contribution in [3.63, 3.8) is 0 Å². The van der Waals surface area contributed by atoms with Gasteiger partial charge in [0, 0.05) is 23.3 Å². The molecule has 1 saturated carbocycles. The summed E-state index contributed by atoms with van der Waals surface area (Å²) in [5, 5.41) is 6.45. The fourth-order valence-corrected chi connectivity index (χ4v) is 2.84. The minimum Gasteiger partial charge on any atom is -0.367 e. The highest BCUT2D eigenvalue weighted by atomic mass is 16.1. The van der Waals surface area contributed by atoms with E-state index in [1.54, 1.807) is 12.3 Å². The van der Waals surface area contributed by atoms with E-state index in [2.05, 4.69) is 50.2 Å². The van der Waals surface area contributed by atoms with Crippen molar-refractivity contribution < 1.29 is 4.79 Å². The number of anilines is 1. The maximum Gasteiger partial charge on any atom is 0.251 e. The van der Waals surface area contributed by atoms with Crippen LogP contribution in [0.5, 0.6) is 0 Å². The van der Waals surface area contributed by atoms with Crippen molar-refractivity contribution in [2.75, 3.05) is 5.32 Å². The highest BCUT2D eigenvalue weighted by molar-refractivity contribution is 5.95. The third-order valence-corrected chi connectivity index (χ3v) is 3.38. The van der Waals surface area contributed by atoms with E-state index < -0.39 is 0 Å². The van der Waals surface area contributed by atoms with Gasteiger partial charge >= 0.3 is 0 Å². The van der Waals surface area contributed by atoms with Gasteiger partial charge in [-0.3, -0.25) is 4.79 Å². The quantitative estimate of drug-likeness (QED) is 0.870. The first-order valence-corrected chi connectivity index (χ1v) is 7.70. The standard InChI is InChI=1S/C17H27N3O/c1-16(2,3)11-17(4,5)20-15(21)12-8-9-18-14(10-12)19-13-6-7-13/h8-10,13H,6-7,11H2,1-5H3,(H,18,19)(H,20,21). The molecule has 4 heteroatoms. The minimum absolute atomic E-state index is 0.0366. The Hall–Kier alpha value is -1.58. The Kier molecular flexibility index (Phi) is 4.26. The van der Waals surface area contributed by atoms with Crippen molar-refractivity contribution in [2.24, 2.45) is 5.41 Å². The van der Waals surface area contributed by atoms with Crippen LogP contribution in [0.2, 0.25) is 0 Å². The van der Waals surface area contributed by atoms with E-state index in [9.17, 15) is 4.79 Å². The smallest absolute Gasteiger partial charge is 0.251 e. The molecule has 1 aromatic rings. The summed E-state index contributed by atoms with van der Waals surface area (Å²) in [6, 6.07) is 4.13. The molecule has 4 nitrogen and oxygen atoms in total. The van der Waals surface area contributed by atoms with Crippen LogP contribution in [0.25, 0.3) is 0 Å². The number of amides is 1. The lowest BCUT2D eigenvalue weighted by Crippen LogP contribution is -2.45.